The maximum absolute atomic E-state index is 13.3. The highest BCUT2D eigenvalue weighted by molar-refractivity contribution is 6.67. The Morgan fingerprint density at radius 3 is 2.55 bits per heavy atom. The highest BCUT2D eigenvalue weighted by Gasteiger charge is 2.39. The fraction of sp³-hybridized carbons (Fsp3) is 0.333. The number of carbonyl (C=O) groups is 2. The second kappa shape index (κ2) is 9.03. The van der Waals surface area contributed by atoms with Gasteiger partial charge >= 0.3 is 6.03 Å². The minimum Gasteiger partial charge on any atom is -0.330 e. The standard InChI is InChI=1S/C24H25Cl2N3O2/c25-19-6-2-5-18(15-19)24(16-27)10-8-20(9-11-24)28-12-3-13-29(23(28)31)21-7-1-4-17(14-21)22(26)30/h1-7,13-15,20H,8-12,16,27H2. The van der Waals surface area contributed by atoms with Gasteiger partial charge in [-0.3, -0.25) is 9.69 Å². The first kappa shape index (κ1) is 21.9. The van der Waals surface area contributed by atoms with Crippen LogP contribution < -0.4 is 10.6 Å². The van der Waals surface area contributed by atoms with E-state index >= 15 is 0 Å². The highest BCUT2D eigenvalue weighted by Crippen LogP contribution is 2.41. The van der Waals surface area contributed by atoms with Gasteiger partial charge in [-0.15, -0.1) is 0 Å². The molecular formula is C24H25Cl2N3O2. The first-order valence-corrected chi connectivity index (χ1v) is 11.2. The van der Waals surface area contributed by atoms with Crippen LogP contribution in [0.2, 0.25) is 5.02 Å². The van der Waals surface area contributed by atoms with Gasteiger partial charge in [0.15, 0.2) is 0 Å². The first-order chi connectivity index (χ1) is 14.9. The van der Waals surface area contributed by atoms with Gasteiger partial charge < -0.3 is 10.6 Å². The molecule has 2 amide bonds. The van der Waals surface area contributed by atoms with E-state index in [2.05, 4.69) is 6.07 Å². The maximum atomic E-state index is 13.3. The Morgan fingerprint density at radius 2 is 1.87 bits per heavy atom. The van der Waals surface area contributed by atoms with Crippen LogP contribution in [0.5, 0.6) is 0 Å². The molecular weight excluding hydrogens is 433 g/mol. The van der Waals surface area contributed by atoms with Crippen molar-refractivity contribution in [2.45, 2.75) is 37.1 Å². The summed E-state index contributed by atoms with van der Waals surface area (Å²) in [7, 11) is 0. The molecule has 1 saturated carbocycles. The van der Waals surface area contributed by atoms with Crippen molar-refractivity contribution in [3.05, 3.63) is 77.0 Å². The van der Waals surface area contributed by atoms with E-state index in [0.29, 0.717) is 24.3 Å². The van der Waals surface area contributed by atoms with Crippen LogP contribution in [0, 0.1) is 0 Å². The van der Waals surface area contributed by atoms with Crippen molar-refractivity contribution >= 4 is 40.2 Å². The Labute approximate surface area is 192 Å². The number of carbonyl (C=O) groups excluding carboxylic acids is 2. The molecule has 4 rings (SSSR count). The molecule has 1 heterocycles. The molecule has 0 aromatic heterocycles. The van der Waals surface area contributed by atoms with Gasteiger partial charge in [0.2, 0.25) is 0 Å². The molecule has 1 aliphatic carbocycles. The van der Waals surface area contributed by atoms with Crippen molar-refractivity contribution in [1.29, 1.82) is 0 Å². The molecule has 162 valence electrons. The van der Waals surface area contributed by atoms with Crippen LogP contribution in [0.25, 0.3) is 0 Å². The van der Waals surface area contributed by atoms with E-state index in [9.17, 15) is 9.59 Å². The number of hydrogen-bond acceptors (Lipinski definition) is 3. The van der Waals surface area contributed by atoms with Gasteiger partial charge in [0.25, 0.3) is 5.24 Å². The van der Waals surface area contributed by atoms with E-state index in [1.165, 1.54) is 5.56 Å². The second-order valence-corrected chi connectivity index (χ2v) is 9.02. The van der Waals surface area contributed by atoms with E-state index in [1.807, 2.05) is 29.2 Å². The fourth-order valence-electron chi connectivity index (χ4n) is 4.72. The Balaban J connectivity index is 1.50. The molecule has 0 spiro atoms. The molecule has 1 fully saturated rings. The van der Waals surface area contributed by atoms with Gasteiger partial charge in [-0.25, -0.2) is 4.79 Å². The number of nitrogens with zero attached hydrogens (tertiary/aromatic N) is 2. The van der Waals surface area contributed by atoms with Crippen LogP contribution >= 0.6 is 23.2 Å². The summed E-state index contributed by atoms with van der Waals surface area (Å²) >= 11 is 11.8. The third-order valence-corrected chi connectivity index (χ3v) is 6.99. The normalized spacial score (nSPS) is 23.8. The first-order valence-electron chi connectivity index (χ1n) is 10.5. The SMILES string of the molecule is NCC1(c2cccc(Cl)c2)CCC(N2CC=CN(c3cccc(C(=O)Cl)c3)C2=O)CC1. The molecule has 0 bridgehead atoms. The van der Waals surface area contributed by atoms with E-state index in [1.54, 1.807) is 35.4 Å². The van der Waals surface area contributed by atoms with Crippen molar-refractivity contribution in [1.82, 2.24) is 4.90 Å². The molecule has 0 saturated heterocycles. The lowest BCUT2D eigenvalue weighted by Gasteiger charge is -2.45. The van der Waals surface area contributed by atoms with Crippen molar-refractivity contribution in [2.24, 2.45) is 5.73 Å². The predicted octanol–water partition coefficient (Wildman–Crippen LogP) is 5.31. The molecule has 31 heavy (non-hydrogen) atoms. The number of urea groups is 1. The molecule has 0 atom stereocenters. The molecule has 0 unspecified atom stereocenters. The van der Waals surface area contributed by atoms with Gasteiger partial charge in [-0.05, 0) is 79.3 Å². The molecule has 2 N–H and O–H groups in total. The number of amides is 2. The van der Waals surface area contributed by atoms with Crippen LogP contribution in [-0.2, 0) is 5.41 Å². The highest BCUT2D eigenvalue weighted by atomic mass is 35.5. The maximum Gasteiger partial charge on any atom is 0.329 e. The monoisotopic (exact) mass is 457 g/mol. The lowest BCUT2D eigenvalue weighted by Crippen LogP contribution is -2.52. The summed E-state index contributed by atoms with van der Waals surface area (Å²) in [4.78, 5) is 28.3. The third-order valence-electron chi connectivity index (χ3n) is 6.54. The van der Waals surface area contributed by atoms with Gasteiger partial charge in [0.05, 0.1) is 5.69 Å². The zero-order valence-corrected chi connectivity index (χ0v) is 18.6. The Bertz CT molecular complexity index is 1020. The predicted molar refractivity (Wildman–Crippen MR) is 125 cm³/mol. The molecule has 7 heteroatoms. The summed E-state index contributed by atoms with van der Waals surface area (Å²) in [5.74, 6) is 0. The number of hydrogen-bond donors (Lipinski definition) is 1. The van der Waals surface area contributed by atoms with Crippen LogP contribution in [-0.4, -0.2) is 35.3 Å². The van der Waals surface area contributed by atoms with Crippen LogP contribution in [0.3, 0.4) is 0 Å². The average Bonchev–Trinajstić information content (AvgIpc) is 2.79. The zero-order valence-electron chi connectivity index (χ0n) is 17.1. The Kier molecular flexibility index (Phi) is 6.37. The topological polar surface area (TPSA) is 66.6 Å². The van der Waals surface area contributed by atoms with E-state index in [0.717, 1.165) is 30.7 Å². The van der Waals surface area contributed by atoms with Crippen molar-refractivity contribution < 1.29 is 9.59 Å². The number of rotatable bonds is 5. The Hall–Kier alpha value is -2.34. The molecule has 5 nitrogen and oxygen atoms in total. The summed E-state index contributed by atoms with van der Waals surface area (Å²) in [6.45, 7) is 1.13. The zero-order chi connectivity index (χ0) is 22.0. The molecule has 2 aromatic carbocycles. The van der Waals surface area contributed by atoms with E-state index in [-0.39, 0.29) is 17.5 Å². The minimum absolute atomic E-state index is 0.0883. The van der Waals surface area contributed by atoms with Crippen LogP contribution in [0.4, 0.5) is 10.5 Å². The fourth-order valence-corrected chi connectivity index (χ4v) is 5.03. The summed E-state index contributed by atoms with van der Waals surface area (Å²) in [5, 5.41) is 0.177. The van der Waals surface area contributed by atoms with Crippen LogP contribution in [0.1, 0.15) is 41.6 Å². The quantitative estimate of drug-likeness (QED) is 0.618. The Morgan fingerprint density at radius 1 is 1.13 bits per heavy atom. The van der Waals surface area contributed by atoms with Gasteiger partial charge in [-0.2, -0.15) is 0 Å². The van der Waals surface area contributed by atoms with E-state index in [4.69, 9.17) is 28.9 Å². The number of anilines is 1. The lowest BCUT2D eigenvalue weighted by molar-refractivity contribution is 0.108. The number of halogens is 2. The smallest absolute Gasteiger partial charge is 0.329 e. The average molecular weight is 458 g/mol. The van der Waals surface area contributed by atoms with Crippen molar-refractivity contribution in [3.63, 3.8) is 0 Å². The van der Waals surface area contributed by atoms with Gasteiger partial charge in [-0.1, -0.05) is 29.8 Å². The molecule has 2 aromatic rings. The molecule has 2 aliphatic rings. The van der Waals surface area contributed by atoms with E-state index < -0.39 is 5.24 Å². The summed E-state index contributed by atoms with van der Waals surface area (Å²) in [5.41, 5.74) is 8.29. The van der Waals surface area contributed by atoms with Crippen molar-refractivity contribution in [3.8, 4) is 0 Å². The number of benzene rings is 2. The van der Waals surface area contributed by atoms with Crippen molar-refractivity contribution in [2.75, 3.05) is 18.0 Å². The third kappa shape index (κ3) is 4.36. The number of nitrogens with two attached hydrogens (primary N) is 1. The van der Waals surface area contributed by atoms with Gasteiger partial charge in [0, 0.05) is 41.3 Å². The lowest BCUT2D eigenvalue weighted by atomic mass is 9.68. The summed E-state index contributed by atoms with van der Waals surface area (Å²) < 4.78 is 0. The minimum atomic E-state index is -0.543. The molecule has 1 aliphatic heterocycles. The summed E-state index contributed by atoms with van der Waals surface area (Å²) in [6.07, 6.45) is 7.28. The molecule has 0 radical (unpaired) electrons. The summed E-state index contributed by atoms with van der Waals surface area (Å²) in [6, 6.07) is 14.8. The largest absolute Gasteiger partial charge is 0.330 e. The second-order valence-electron chi connectivity index (χ2n) is 8.24. The van der Waals surface area contributed by atoms with Crippen LogP contribution in [0.15, 0.2) is 60.8 Å². The van der Waals surface area contributed by atoms with Gasteiger partial charge in [0.1, 0.15) is 0 Å².